The standard InChI is InChI=1S/C7H12N4/c1-11-3-5(4-11)7-9-2-6(8)10-7/h2,5H,3-4,8H2,1H3,(H,9,10). The van der Waals surface area contributed by atoms with Crippen LogP contribution in [0.25, 0.3) is 0 Å². The number of imidazole rings is 1. The normalized spacial score (nSPS) is 20.1. The lowest BCUT2D eigenvalue weighted by Crippen LogP contribution is -2.42. The number of rotatable bonds is 1. The second-order valence-corrected chi connectivity index (χ2v) is 3.14. The number of H-pyrrole nitrogens is 1. The van der Waals surface area contributed by atoms with Gasteiger partial charge in [-0.1, -0.05) is 0 Å². The number of nitrogens with one attached hydrogen (secondary N) is 1. The largest absolute Gasteiger partial charge is 0.384 e. The number of hydrogen-bond donors (Lipinski definition) is 2. The van der Waals surface area contributed by atoms with Crippen molar-refractivity contribution in [2.75, 3.05) is 25.9 Å². The molecule has 1 saturated heterocycles. The van der Waals surface area contributed by atoms with Crippen molar-refractivity contribution < 1.29 is 0 Å². The van der Waals surface area contributed by atoms with Crippen LogP contribution in [0.5, 0.6) is 0 Å². The van der Waals surface area contributed by atoms with Gasteiger partial charge >= 0.3 is 0 Å². The molecule has 0 spiro atoms. The van der Waals surface area contributed by atoms with E-state index in [4.69, 9.17) is 5.73 Å². The maximum atomic E-state index is 5.50. The smallest absolute Gasteiger partial charge is 0.120 e. The summed E-state index contributed by atoms with van der Waals surface area (Å²) in [5, 5.41) is 0. The highest BCUT2D eigenvalue weighted by Gasteiger charge is 2.26. The number of anilines is 1. The number of nitrogen functional groups attached to an aromatic ring is 1. The average molecular weight is 152 g/mol. The number of aromatic nitrogens is 2. The van der Waals surface area contributed by atoms with Crippen LogP contribution in [0.1, 0.15) is 11.7 Å². The summed E-state index contributed by atoms with van der Waals surface area (Å²) in [6, 6.07) is 0. The Bertz CT molecular complexity index is 249. The molecule has 11 heavy (non-hydrogen) atoms. The molecule has 0 bridgehead atoms. The van der Waals surface area contributed by atoms with Crippen molar-refractivity contribution in [1.29, 1.82) is 0 Å². The molecule has 4 nitrogen and oxygen atoms in total. The first kappa shape index (κ1) is 6.67. The maximum Gasteiger partial charge on any atom is 0.120 e. The van der Waals surface area contributed by atoms with E-state index < -0.39 is 0 Å². The van der Waals surface area contributed by atoms with E-state index in [0.717, 1.165) is 18.9 Å². The SMILES string of the molecule is CN1CC(c2ncc(N)[nH]2)C1. The lowest BCUT2D eigenvalue weighted by molar-refractivity contribution is 0.184. The van der Waals surface area contributed by atoms with Crippen molar-refractivity contribution in [3.05, 3.63) is 12.0 Å². The summed E-state index contributed by atoms with van der Waals surface area (Å²) in [4.78, 5) is 9.46. The average Bonchev–Trinajstić information content (AvgIpc) is 2.29. The Kier molecular flexibility index (Phi) is 1.35. The van der Waals surface area contributed by atoms with Gasteiger partial charge in [-0.05, 0) is 7.05 Å². The molecule has 1 aromatic rings. The third-order valence-electron chi connectivity index (χ3n) is 2.07. The summed E-state index contributed by atoms with van der Waals surface area (Å²) in [7, 11) is 2.10. The second kappa shape index (κ2) is 2.23. The molecule has 0 atom stereocenters. The van der Waals surface area contributed by atoms with Gasteiger partial charge in [-0.3, -0.25) is 0 Å². The van der Waals surface area contributed by atoms with Crippen LogP contribution in [0, 0.1) is 0 Å². The first-order valence-corrected chi connectivity index (χ1v) is 3.74. The molecule has 0 aliphatic carbocycles. The number of likely N-dealkylation sites (tertiary alicyclic amines) is 1. The predicted molar refractivity (Wildman–Crippen MR) is 43.2 cm³/mol. The minimum absolute atomic E-state index is 0.567. The summed E-state index contributed by atoms with van der Waals surface area (Å²) in [5.41, 5.74) is 5.50. The van der Waals surface area contributed by atoms with Crippen LogP contribution in [0.2, 0.25) is 0 Å². The minimum Gasteiger partial charge on any atom is -0.384 e. The van der Waals surface area contributed by atoms with E-state index >= 15 is 0 Å². The van der Waals surface area contributed by atoms with Crippen molar-refractivity contribution >= 4 is 5.82 Å². The first-order chi connectivity index (χ1) is 5.25. The zero-order chi connectivity index (χ0) is 7.84. The van der Waals surface area contributed by atoms with Gasteiger partial charge in [-0.15, -0.1) is 0 Å². The van der Waals surface area contributed by atoms with Gasteiger partial charge < -0.3 is 15.6 Å². The van der Waals surface area contributed by atoms with E-state index in [-0.39, 0.29) is 0 Å². The van der Waals surface area contributed by atoms with Crippen LogP contribution in [0.15, 0.2) is 6.20 Å². The number of aromatic amines is 1. The molecule has 0 unspecified atom stereocenters. The molecule has 0 saturated carbocycles. The van der Waals surface area contributed by atoms with Crippen molar-refractivity contribution in [1.82, 2.24) is 14.9 Å². The Labute approximate surface area is 65.4 Å². The second-order valence-electron chi connectivity index (χ2n) is 3.14. The van der Waals surface area contributed by atoms with Gasteiger partial charge in [0.2, 0.25) is 0 Å². The van der Waals surface area contributed by atoms with Gasteiger partial charge in [0, 0.05) is 19.0 Å². The Morgan fingerprint density at radius 2 is 2.45 bits per heavy atom. The molecular weight excluding hydrogens is 140 g/mol. The highest BCUT2D eigenvalue weighted by Crippen LogP contribution is 2.22. The summed E-state index contributed by atoms with van der Waals surface area (Å²) >= 11 is 0. The number of nitrogens with zero attached hydrogens (tertiary/aromatic N) is 2. The Morgan fingerprint density at radius 3 is 2.91 bits per heavy atom. The van der Waals surface area contributed by atoms with E-state index in [9.17, 15) is 0 Å². The third kappa shape index (κ3) is 1.09. The predicted octanol–water partition coefficient (Wildman–Crippen LogP) is 0.0209. The minimum atomic E-state index is 0.567. The lowest BCUT2D eigenvalue weighted by atomic mass is 10.0. The quantitative estimate of drug-likeness (QED) is 0.596. The van der Waals surface area contributed by atoms with Gasteiger partial charge in [-0.25, -0.2) is 4.98 Å². The summed E-state index contributed by atoms with van der Waals surface area (Å²) < 4.78 is 0. The first-order valence-electron chi connectivity index (χ1n) is 3.74. The molecule has 2 heterocycles. The van der Waals surface area contributed by atoms with Gasteiger partial charge in [0.1, 0.15) is 11.6 Å². The molecule has 4 heteroatoms. The molecule has 0 amide bonds. The number of likely N-dealkylation sites (N-methyl/N-ethyl adjacent to an activating group) is 1. The zero-order valence-corrected chi connectivity index (χ0v) is 6.54. The van der Waals surface area contributed by atoms with Crippen LogP contribution >= 0.6 is 0 Å². The maximum absolute atomic E-state index is 5.50. The van der Waals surface area contributed by atoms with Crippen LogP contribution in [-0.2, 0) is 0 Å². The van der Waals surface area contributed by atoms with Crippen LogP contribution in [0.3, 0.4) is 0 Å². The molecule has 0 radical (unpaired) electrons. The summed E-state index contributed by atoms with van der Waals surface area (Å²) in [6.45, 7) is 2.18. The fraction of sp³-hybridized carbons (Fsp3) is 0.571. The van der Waals surface area contributed by atoms with Gasteiger partial charge in [-0.2, -0.15) is 0 Å². The Balaban J connectivity index is 2.07. The molecule has 1 aliphatic heterocycles. The Hall–Kier alpha value is -1.03. The van der Waals surface area contributed by atoms with Crippen LogP contribution in [-0.4, -0.2) is 35.0 Å². The highest BCUT2D eigenvalue weighted by atomic mass is 15.2. The zero-order valence-electron chi connectivity index (χ0n) is 6.54. The van der Waals surface area contributed by atoms with E-state index in [0.29, 0.717) is 11.7 Å². The molecule has 2 rings (SSSR count). The van der Waals surface area contributed by atoms with Gasteiger partial charge in [0.15, 0.2) is 0 Å². The highest BCUT2D eigenvalue weighted by molar-refractivity contribution is 5.26. The monoisotopic (exact) mass is 152 g/mol. The molecular formula is C7H12N4. The lowest BCUT2D eigenvalue weighted by Gasteiger charge is -2.34. The Morgan fingerprint density at radius 1 is 1.73 bits per heavy atom. The van der Waals surface area contributed by atoms with E-state index in [2.05, 4.69) is 21.9 Å². The fourth-order valence-corrected chi connectivity index (χ4v) is 1.43. The van der Waals surface area contributed by atoms with Gasteiger partial charge in [0.25, 0.3) is 0 Å². The van der Waals surface area contributed by atoms with Crippen molar-refractivity contribution in [2.45, 2.75) is 5.92 Å². The summed E-state index contributed by atoms with van der Waals surface area (Å²) in [5.74, 6) is 2.26. The molecule has 1 aliphatic rings. The van der Waals surface area contributed by atoms with Crippen LogP contribution < -0.4 is 5.73 Å². The van der Waals surface area contributed by atoms with E-state index in [1.54, 1.807) is 6.20 Å². The van der Waals surface area contributed by atoms with E-state index in [1.807, 2.05) is 0 Å². The molecule has 60 valence electrons. The molecule has 1 aromatic heterocycles. The van der Waals surface area contributed by atoms with Crippen molar-refractivity contribution in [3.63, 3.8) is 0 Å². The van der Waals surface area contributed by atoms with Crippen LogP contribution in [0.4, 0.5) is 5.82 Å². The number of hydrogen-bond acceptors (Lipinski definition) is 3. The molecule has 3 N–H and O–H groups in total. The van der Waals surface area contributed by atoms with E-state index in [1.165, 1.54) is 0 Å². The third-order valence-corrected chi connectivity index (χ3v) is 2.07. The van der Waals surface area contributed by atoms with Gasteiger partial charge in [0.05, 0.1) is 6.20 Å². The molecule has 0 aromatic carbocycles. The molecule has 1 fully saturated rings. The summed E-state index contributed by atoms with van der Waals surface area (Å²) in [6.07, 6.45) is 1.67. The number of nitrogens with two attached hydrogens (primary N) is 1. The van der Waals surface area contributed by atoms with Crippen molar-refractivity contribution in [2.24, 2.45) is 0 Å². The topological polar surface area (TPSA) is 57.9 Å². The fourth-order valence-electron chi connectivity index (χ4n) is 1.43. The van der Waals surface area contributed by atoms with Crippen molar-refractivity contribution in [3.8, 4) is 0 Å².